The van der Waals surface area contributed by atoms with Crippen LogP contribution in [-0.4, -0.2) is 5.24 Å². The minimum atomic E-state index is -4.47. The molecule has 0 aliphatic carbocycles. The van der Waals surface area contributed by atoms with E-state index in [9.17, 15) is 18.0 Å². The van der Waals surface area contributed by atoms with Gasteiger partial charge in [0, 0.05) is 6.42 Å². The van der Waals surface area contributed by atoms with E-state index in [2.05, 4.69) is 0 Å². The molecule has 0 saturated heterocycles. The second-order valence-corrected chi connectivity index (χ2v) is 5.25. The van der Waals surface area contributed by atoms with Crippen LogP contribution in [0.1, 0.15) is 11.1 Å². The Hall–Kier alpha value is -1.72. The molecule has 0 fully saturated rings. The van der Waals surface area contributed by atoms with Gasteiger partial charge in [-0.15, -0.1) is 0 Å². The molecule has 0 aliphatic rings. The molecule has 0 aliphatic heterocycles. The summed E-state index contributed by atoms with van der Waals surface area (Å²) in [6, 6.07) is 9.30. The summed E-state index contributed by atoms with van der Waals surface area (Å²) in [6.45, 7) is 0. The maximum atomic E-state index is 12.6. The number of ether oxygens (including phenoxy) is 1. The molecule has 7 heteroatoms. The fraction of sp³-hybridized carbons (Fsp3) is 0.133. The van der Waals surface area contributed by atoms with Crippen LogP contribution < -0.4 is 4.74 Å². The second kappa shape index (κ2) is 6.58. The lowest BCUT2D eigenvalue weighted by Crippen LogP contribution is -2.04. The standard InChI is InChI=1S/C15H9Cl2F3O2/c16-12-8-10(15(18,19)20)4-5-13(12)22-11-3-1-2-9(6-11)7-14(17)21/h1-6,8H,7H2. The van der Waals surface area contributed by atoms with Crippen molar-refractivity contribution in [1.82, 2.24) is 0 Å². The van der Waals surface area contributed by atoms with Crippen molar-refractivity contribution < 1.29 is 22.7 Å². The molecule has 0 atom stereocenters. The van der Waals surface area contributed by atoms with Crippen molar-refractivity contribution in [1.29, 1.82) is 0 Å². The average Bonchev–Trinajstić information content (AvgIpc) is 2.39. The molecule has 22 heavy (non-hydrogen) atoms. The first-order valence-corrected chi connectivity index (χ1v) is 6.83. The van der Waals surface area contributed by atoms with Crippen molar-refractivity contribution in [2.24, 2.45) is 0 Å². The molecule has 0 radical (unpaired) electrons. The molecule has 0 bridgehead atoms. The summed E-state index contributed by atoms with van der Waals surface area (Å²) < 4.78 is 43.1. The molecular formula is C15H9Cl2F3O2. The fourth-order valence-corrected chi connectivity index (χ4v) is 2.14. The normalized spacial score (nSPS) is 11.3. The van der Waals surface area contributed by atoms with E-state index in [1.165, 1.54) is 0 Å². The topological polar surface area (TPSA) is 26.3 Å². The first-order valence-electron chi connectivity index (χ1n) is 6.07. The van der Waals surface area contributed by atoms with Gasteiger partial charge in [0.15, 0.2) is 0 Å². The summed E-state index contributed by atoms with van der Waals surface area (Å²) in [5.41, 5.74) is -0.230. The molecule has 0 spiro atoms. The molecule has 2 nitrogen and oxygen atoms in total. The molecule has 2 aromatic rings. The van der Waals surface area contributed by atoms with Crippen molar-refractivity contribution in [3.8, 4) is 11.5 Å². The number of rotatable bonds is 4. The highest BCUT2D eigenvalue weighted by Gasteiger charge is 2.31. The monoisotopic (exact) mass is 348 g/mol. The number of carbonyl (C=O) groups excluding carboxylic acids is 1. The van der Waals surface area contributed by atoms with Crippen molar-refractivity contribution in [2.45, 2.75) is 12.6 Å². The summed E-state index contributed by atoms with van der Waals surface area (Å²) in [7, 11) is 0. The Morgan fingerprint density at radius 2 is 1.86 bits per heavy atom. The smallest absolute Gasteiger partial charge is 0.416 e. The van der Waals surface area contributed by atoms with E-state index in [0.717, 1.165) is 18.2 Å². The Bertz CT molecular complexity index is 699. The van der Waals surface area contributed by atoms with Gasteiger partial charge in [0.25, 0.3) is 0 Å². The van der Waals surface area contributed by atoms with Gasteiger partial charge >= 0.3 is 6.18 Å². The largest absolute Gasteiger partial charge is 0.456 e. The summed E-state index contributed by atoms with van der Waals surface area (Å²) >= 11 is 11.1. The maximum absolute atomic E-state index is 12.6. The van der Waals surface area contributed by atoms with Crippen molar-refractivity contribution in [2.75, 3.05) is 0 Å². The number of halogens is 5. The first-order chi connectivity index (χ1) is 10.3. The van der Waals surface area contributed by atoms with E-state index < -0.39 is 17.0 Å². The number of hydrogen-bond donors (Lipinski definition) is 0. The first kappa shape index (κ1) is 16.6. The number of alkyl halides is 3. The Morgan fingerprint density at radius 3 is 2.45 bits per heavy atom. The molecule has 0 unspecified atom stereocenters. The summed E-state index contributed by atoms with van der Waals surface area (Å²) in [5, 5.41) is -0.682. The lowest BCUT2D eigenvalue weighted by atomic mass is 10.1. The third-order valence-corrected chi connectivity index (χ3v) is 3.16. The molecule has 0 heterocycles. The van der Waals surface area contributed by atoms with Gasteiger partial charge in [0.1, 0.15) is 11.5 Å². The summed E-state index contributed by atoms with van der Waals surface area (Å²) in [4.78, 5) is 10.9. The molecular weight excluding hydrogens is 340 g/mol. The Morgan fingerprint density at radius 1 is 1.14 bits per heavy atom. The number of carbonyl (C=O) groups is 1. The van der Waals surface area contributed by atoms with Gasteiger partial charge in [-0.3, -0.25) is 4.79 Å². The van der Waals surface area contributed by atoms with Crippen LogP contribution in [0.3, 0.4) is 0 Å². The molecule has 0 aromatic heterocycles. The van der Waals surface area contributed by atoms with Gasteiger partial charge in [0.2, 0.25) is 5.24 Å². The van der Waals surface area contributed by atoms with E-state index in [0.29, 0.717) is 11.3 Å². The van der Waals surface area contributed by atoms with Gasteiger partial charge in [-0.1, -0.05) is 23.7 Å². The lowest BCUT2D eigenvalue weighted by molar-refractivity contribution is -0.137. The van der Waals surface area contributed by atoms with Crippen LogP contribution in [0.15, 0.2) is 42.5 Å². The molecule has 2 aromatic carbocycles. The highest BCUT2D eigenvalue weighted by Crippen LogP contribution is 2.36. The molecule has 2 rings (SSSR count). The van der Waals surface area contributed by atoms with Crippen LogP contribution in [0.2, 0.25) is 5.02 Å². The predicted octanol–water partition coefficient (Wildman–Crippen LogP) is 5.46. The summed E-state index contributed by atoms with van der Waals surface area (Å²) in [6.07, 6.45) is -4.44. The minimum Gasteiger partial charge on any atom is -0.456 e. The van der Waals surface area contributed by atoms with E-state index in [4.69, 9.17) is 27.9 Å². The van der Waals surface area contributed by atoms with Crippen molar-refractivity contribution >= 4 is 28.4 Å². The van der Waals surface area contributed by atoms with Crippen LogP contribution >= 0.6 is 23.2 Å². The molecule has 116 valence electrons. The second-order valence-electron chi connectivity index (χ2n) is 4.42. The van der Waals surface area contributed by atoms with E-state index in [-0.39, 0.29) is 17.2 Å². The lowest BCUT2D eigenvalue weighted by Gasteiger charge is -2.11. The van der Waals surface area contributed by atoms with Crippen LogP contribution in [-0.2, 0) is 17.4 Å². The quantitative estimate of drug-likeness (QED) is 0.686. The predicted molar refractivity (Wildman–Crippen MR) is 77.5 cm³/mol. The number of hydrogen-bond acceptors (Lipinski definition) is 2. The van der Waals surface area contributed by atoms with Gasteiger partial charge in [-0.2, -0.15) is 13.2 Å². The average molecular weight is 349 g/mol. The zero-order chi connectivity index (χ0) is 16.3. The zero-order valence-corrected chi connectivity index (χ0v) is 12.5. The van der Waals surface area contributed by atoms with E-state index in [1.54, 1.807) is 24.3 Å². The molecule has 0 N–H and O–H groups in total. The van der Waals surface area contributed by atoms with Crippen LogP contribution in [0.5, 0.6) is 11.5 Å². The summed E-state index contributed by atoms with van der Waals surface area (Å²) in [5.74, 6) is 0.432. The van der Waals surface area contributed by atoms with Gasteiger partial charge in [-0.05, 0) is 47.5 Å². The fourth-order valence-electron chi connectivity index (χ4n) is 1.77. The van der Waals surface area contributed by atoms with Crippen LogP contribution in [0.4, 0.5) is 13.2 Å². The SMILES string of the molecule is O=C(Cl)Cc1cccc(Oc2ccc(C(F)(F)F)cc2Cl)c1. The van der Waals surface area contributed by atoms with Crippen LogP contribution in [0, 0.1) is 0 Å². The van der Waals surface area contributed by atoms with Crippen molar-refractivity contribution in [3.63, 3.8) is 0 Å². The Kier molecular flexibility index (Phi) is 4.98. The maximum Gasteiger partial charge on any atom is 0.416 e. The third kappa shape index (κ3) is 4.39. The van der Waals surface area contributed by atoms with Gasteiger partial charge in [-0.25, -0.2) is 0 Å². The van der Waals surface area contributed by atoms with Gasteiger partial charge < -0.3 is 4.74 Å². The van der Waals surface area contributed by atoms with E-state index in [1.807, 2.05) is 0 Å². The Balaban J connectivity index is 2.22. The third-order valence-electron chi connectivity index (χ3n) is 2.73. The highest BCUT2D eigenvalue weighted by atomic mass is 35.5. The minimum absolute atomic E-state index is 0.0273. The zero-order valence-electron chi connectivity index (χ0n) is 11.0. The van der Waals surface area contributed by atoms with Crippen LogP contribution in [0.25, 0.3) is 0 Å². The highest BCUT2D eigenvalue weighted by molar-refractivity contribution is 6.63. The molecule has 0 amide bonds. The molecule has 0 saturated carbocycles. The van der Waals surface area contributed by atoms with E-state index >= 15 is 0 Å². The number of benzene rings is 2. The van der Waals surface area contributed by atoms with Gasteiger partial charge in [0.05, 0.1) is 10.6 Å². The Labute approximate surface area is 134 Å². The van der Waals surface area contributed by atoms with Crippen molar-refractivity contribution in [3.05, 3.63) is 58.6 Å².